The van der Waals surface area contributed by atoms with Crippen LogP contribution in [0.15, 0.2) is 42.9 Å². The van der Waals surface area contributed by atoms with Crippen LogP contribution in [-0.2, 0) is 13.0 Å². The van der Waals surface area contributed by atoms with Crippen LogP contribution in [0.1, 0.15) is 11.3 Å². The minimum absolute atomic E-state index is 0.762. The lowest BCUT2D eigenvalue weighted by atomic mass is 10.1. The van der Waals surface area contributed by atoms with E-state index in [1.807, 2.05) is 24.3 Å². The van der Waals surface area contributed by atoms with E-state index in [1.165, 1.54) is 5.56 Å². The Bertz CT molecular complexity index is 473. The Balaban J connectivity index is 1.78. The summed E-state index contributed by atoms with van der Waals surface area (Å²) in [6, 6.07) is 10.00. The molecule has 0 saturated carbocycles. The number of methoxy groups -OCH3 is 1. The highest BCUT2D eigenvalue weighted by molar-refractivity contribution is 5.33. The van der Waals surface area contributed by atoms with Gasteiger partial charge in [0.05, 0.1) is 12.8 Å². The van der Waals surface area contributed by atoms with E-state index in [0.29, 0.717) is 0 Å². The lowest BCUT2D eigenvalue weighted by Gasteiger charge is -2.08. The second kappa shape index (κ2) is 6.71. The smallest absolute Gasteiger partial charge is 0.122 e. The minimum Gasteiger partial charge on any atom is -0.496 e. The topological polar surface area (TPSA) is 47.0 Å². The summed E-state index contributed by atoms with van der Waals surface area (Å²) in [4.78, 5) is 8.05. The number of nitrogens with one attached hydrogen (secondary N) is 1. The number of para-hydroxylation sites is 1. The van der Waals surface area contributed by atoms with Crippen LogP contribution in [-0.4, -0.2) is 23.6 Å². The number of nitrogens with zero attached hydrogens (tertiary/aromatic N) is 2. The molecule has 0 spiro atoms. The van der Waals surface area contributed by atoms with Gasteiger partial charge in [-0.25, -0.2) is 9.97 Å². The van der Waals surface area contributed by atoms with Crippen LogP contribution in [0, 0.1) is 0 Å². The fourth-order valence-corrected chi connectivity index (χ4v) is 1.77. The fraction of sp³-hybridized carbons (Fsp3) is 0.286. The van der Waals surface area contributed by atoms with Gasteiger partial charge < -0.3 is 10.1 Å². The molecule has 2 aromatic rings. The average Bonchev–Trinajstić information content (AvgIpc) is 2.45. The quantitative estimate of drug-likeness (QED) is 0.786. The van der Waals surface area contributed by atoms with Gasteiger partial charge in [-0.3, -0.25) is 0 Å². The molecule has 0 unspecified atom stereocenters. The minimum atomic E-state index is 0.762. The molecule has 1 aromatic carbocycles. The Kier molecular flexibility index (Phi) is 4.67. The molecule has 0 saturated heterocycles. The molecule has 0 bridgehead atoms. The van der Waals surface area contributed by atoms with E-state index < -0.39 is 0 Å². The molecule has 0 aliphatic carbocycles. The van der Waals surface area contributed by atoms with Crippen molar-refractivity contribution in [3.8, 4) is 5.75 Å². The summed E-state index contributed by atoms with van der Waals surface area (Å²) in [5.41, 5.74) is 2.22. The van der Waals surface area contributed by atoms with Crippen molar-refractivity contribution in [2.45, 2.75) is 13.0 Å². The molecule has 0 aliphatic rings. The van der Waals surface area contributed by atoms with E-state index in [9.17, 15) is 0 Å². The van der Waals surface area contributed by atoms with Gasteiger partial charge in [0.1, 0.15) is 12.1 Å². The molecule has 0 amide bonds. The van der Waals surface area contributed by atoms with Gasteiger partial charge in [-0.05, 0) is 30.7 Å². The molecule has 1 heterocycles. The van der Waals surface area contributed by atoms with E-state index in [1.54, 1.807) is 19.6 Å². The van der Waals surface area contributed by atoms with Crippen molar-refractivity contribution < 1.29 is 4.74 Å². The first-order valence-corrected chi connectivity index (χ1v) is 5.97. The third-order valence-corrected chi connectivity index (χ3v) is 2.71. The summed E-state index contributed by atoms with van der Waals surface area (Å²) in [5, 5.41) is 3.36. The Morgan fingerprint density at radius 2 is 2.11 bits per heavy atom. The number of benzene rings is 1. The predicted octanol–water partition coefficient (Wildman–Crippen LogP) is 1.82. The normalized spacial score (nSPS) is 10.3. The lowest BCUT2D eigenvalue weighted by Crippen LogP contribution is -2.17. The molecule has 18 heavy (non-hydrogen) atoms. The highest BCUT2D eigenvalue weighted by atomic mass is 16.5. The summed E-state index contributed by atoms with van der Waals surface area (Å²) in [7, 11) is 1.70. The molecule has 0 aliphatic heterocycles. The Morgan fingerprint density at radius 3 is 2.89 bits per heavy atom. The van der Waals surface area contributed by atoms with Crippen molar-refractivity contribution in [1.29, 1.82) is 0 Å². The zero-order valence-corrected chi connectivity index (χ0v) is 10.5. The van der Waals surface area contributed by atoms with Crippen molar-refractivity contribution in [3.05, 3.63) is 54.1 Å². The largest absolute Gasteiger partial charge is 0.496 e. The van der Waals surface area contributed by atoms with Crippen molar-refractivity contribution in [3.63, 3.8) is 0 Å². The van der Waals surface area contributed by atoms with Gasteiger partial charge in [-0.15, -0.1) is 0 Å². The monoisotopic (exact) mass is 243 g/mol. The predicted molar refractivity (Wildman–Crippen MR) is 70.4 cm³/mol. The standard InChI is InChI=1S/C14H17N3O/c1-18-14-5-3-2-4-12(14)6-8-15-10-13-7-9-16-11-17-13/h2-5,7,9,11,15H,6,8,10H2,1H3. The number of aromatic nitrogens is 2. The van der Waals surface area contributed by atoms with E-state index in [0.717, 1.165) is 31.0 Å². The van der Waals surface area contributed by atoms with Crippen molar-refractivity contribution in [2.24, 2.45) is 0 Å². The third-order valence-electron chi connectivity index (χ3n) is 2.71. The maximum atomic E-state index is 5.31. The average molecular weight is 243 g/mol. The van der Waals surface area contributed by atoms with E-state index >= 15 is 0 Å². The summed E-state index contributed by atoms with van der Waals surface area (Å²) >= 11 is 0. The molecule has 94 valence electrons. The van der Waals surface area contributed by atoms with Gasteiger partial charge in [0.2, 0.25) is 0 Å². The molecule has 0 fully saturated rings. The zero-order chi connectivity index (χ0) is 12.6. The van der Waals surface area contributed by atoms with Gasteiger partial charge in [-0.2, -0.15) is 0 Å². The molecule has 4 nitrogen and oxygen atoms in total. The van der Waals surface area contributed by atoms with Crippen LogP contribution in [0.4, 0.5) is 0 Å². The number of hydrogen-bond donors (Lipinski definition) is 1. The number of ether oxygens (including phenoxy) is 1. The van der Waals surface area contributed by atoms with Crippen LogP contribution in [0.2, 0.25) is 0 Å². The van der Waals surface area contributed by atoms with Gasteiger partial charge in [0.25, 0.3) is 0 Å². The summed E-state index contributed by atoms with van der Waals surface area (Å²) in [6.45, 7) is 1.65. The highest BCUT2D eigenvalue weighted by Gasteiger charge is 2.00. The molecule has 1 N–H and O–H groups in total. The highest BCUT2D eigenvalue weighted by Crippen LogP contribution is 2.17. The van der Waals surface area contributed by atoms with Crippen molar-refractivity contribution in [2.75, 3.05) is 13.7 Å². The van der Waals surface area contributed by atoms with Crippen LogP contribution < -0.4 is 10.1 Å². The SMILES string of the molecule is COc1ccccc1CCNCc1ccncn1. The molecule has 0 radical (unpaired) electrons. The number of hydrogen-bond acceptors (Lipinski definition) is 4. The van der Waals surface area contributed by atoms with E-state index in [-0.39, 0.29) is 0 Å². The second-order valence-electron chi connectivity index (χ2n) is 3.94. The van der Waals surface area contributed by atoms with Crippen LogP contribution in [0.3, 0.4) is 0 Å². The second-order valence-corrected chi connectivity index (χ2v) is 3.94. The van der Waals surface area contributed by atoms with Crippen LogP contribution in [0.25, 0.3) is 0 Å². The Hall–Kier alpha value is -1.94. The number of rotatable bonds is 6. The maximum absolute atomic E-state index is 5.31. The Morgan fingerprint density at radius 1 is 1.22 bits per heavy atom. The van der Waals surface area contributed by atoms with Crippen LogP contribution in [0.5, 0.6) is 5.75 Å². The van der Waals surface area contributed by atoms with E-state index in [4.69, 9.17) is 4.74 Å². The molecule has 1 aromatic heterocycles. The summed E-state index contributed by atoms with van der Waals surface area (Å²) in [5.74, 6) is 0.946. The van der Waals surface area contributed by atoms with Crippen LogP contribution >= 0.6 is 0 Å². The first kappa shape index (κ1) is 12.5. The first-order valence-electron chi connectivity index (χ1n) is 5.97. The molecular weight excluding hydrogens is 226 g/mol. The summed E-state index contributed by atoms with van der Waals surface area (Å²) in [6.07, 6.45) is 4.26. The van der Waals surface area contributed by atoms with Crippen molar-refractivity contribution >= 4 is 0 Å². The lowest BCUT2D eigenvalue weighted by molar-refractivity contribution is 0.409. The maximum Gasteiger partial charge on any atom is 0.122 e. The molecule has 4 heteroatoms. The zero-order valence-electron chi connectivity index (χ0n) is 10.5. The van der Waals surface area contributed by atoms with Gasteiger partial charge >= 0.3 is 0 Å². The van der Waals surface area contributed by atoms with Gasteiger partial charge in [-0.1, -0.05) is 18.2 Å². The van der Waals surface area contributed by atoms with Crippen molar-refractivity contribution in [1.82, 2.24) is 15.3 Å². The first-order chi connectivity index (χ1) is 8.90. The fourth-order valence-electron chi connectivity index (χ4n) is 1.77. The molecular formula is C14H17N3O. The Labute approximate surface area is 107 Å². The summed E-state index contributed by atoms with van der Waals surface area (Å²) < 4.78 is 5.31. The molecule has 2 rings (SSSR count). The van der Waals surface area contributed by atoms with E-state index in [2.05, 4.69) is 21.4 Å². The van der Waals surface area contributed by atoms with Gasteiger partial charge in [0, 0.05) is 12.7 Å². The third kappa shape index (κ3) is 3.53. The molecule has 0 atom stereocenters. The van der Waals surface area contributed by atoms with Gasteiger partial charge in [0.15, 0.2) is 0 Å².